The summed E-state index contributed by atoms with van der Waals surface area (Å²) < 4.78 is 118. The van der Waals surface area contributed by atoms with Crippen LogP contribution in [0, 0.1) is 27.7 Å². The van der Waals surface area contributed by atoms with E-state index in [1.165, 1.54) is 77.0 Å². The first-order valence-electron chi connectivity index (χ1n) is 49.2. The van der Waals surface area contributed by atoms with Crippen LogP contribution in [0.1, 0.15) is 45.6 Å². The van der Waals surface area contributed by atoms with E-state index in [-0.39, 0.29) is 0 Å². The van der Waals surface area contributed by atoms with Crippen molar-refractivity contribution < 1.29 is 33.7 Å². The van der Waals surface area contributed by atoms with Crippen LogP contribution >= 0.6 is 0 Å². The van der Waals surface area contributed by atoms with Gasteiger partial charge in [-0.1, -0.05) is 285 Å². The molecule has 5 aromatic heterocycles. The van der Waals surface area contributed by atoms with Crippen LogP contribution in [0.4, 0.5) is 0 Å². The van der Waals surface area contributed by atoms with Gasteiger partial charge in [-0.15, -0.1) is 0 Å². The minimum atomic E-state index is -3.74. The van der Waals surface area contributed by atoms with Gasteiger partial charge in [0.25, 0.3) is 0 Å². The molecule has 1 spiro atoms. The third kappa shape index (κ3) is 12.6. The Morgan fingerprint density at radius 2 is 0.483 bits per heavy atom. The number of sulfone groups is 4. The number of fused-ring (bicyclic) bond motifs is 27. The second-order valence-electron chi connectivity index (χ2n) is 38.9. The second-order valence-corrected chi connectivity index (χ2v) is 46.4. The van der Waals surface area contributed by atoms with E-state index in [4.69, 9.17) is 0 Å². The molecule has 0 bridgehead atoms. The van der Waals surface area contributed by atoms with E-state index >= 15 is 0 Å². The summed E-state index contributed by atoms with van der Waals surface area (Å²) in [4.78, 5) is 25.6. The highest BCUT2D eigenvalue weighted by Gasteiger charge is 2.52. The molecule has 0 saturated carbocycles. The lowest BCUT2D eigenvalue weighted by atomic mass is 9.70. The zero-order valence-corrected chi connectivity index (χ0v) is 83.5. The number of aryl methyl sites for hydroxylation is 4. The lowest BCUT2D eigenvalue weighted by Gasteiger charge is -2.30. The maximum absolute atomic E-state index is 14.0. The summed E-state index contributed by atoms with van der Waals surface area (Å²) in [5.74, 6) is 3.08. The van der Waals surface area contributed by atoms with Crippen LogP contribution in [0.25, 0.3) is 210 Å². The van der Waals surface area contributed by atoms with Crippen molar-refractivity contribution in [1.29, 1.82) is 0 Å². The van der Waals surface area contributed by atoms with E-state index in [9.17, 15) is 33.7 Å². The van der Waals surface area contributed by atoms with E-state index in [0.29, 0.717) is 106 Å². The highest BCUT2D eigenvalue weighted by Crippen LogP contribution is 2.64. The zero-order valence-electron chi connectivity index (χ0n) is 80.3. The Bertz CT molecular complexity index is 10700. The van der Waals surface area contributed by atoms with E-state index < -0.39 is 44.8 Å². The first-order valence-corrected chi connectivity index (χ1v) is 55.1. The molecular formula is C128H81N9O8S4. The van der Waals surface area contributed by atoms with Crippen molar-refractivity contribution >= 4 is 148 Å². The molecule has 0 saturated heterocycles. The Balaban J connectivity index is 0.0000000941. The molecule has 9 heterocycles. The lowest BCUT2D eigenvalue weighted by molar-refractivity contribution is 0.592. The molecule has 0 atom stereocenters. The van der Waals surface area contributed by atoms with Crippen LogP contribution < -0.4 is 0 Å². The topological polar surface area (TPSA) is 221 Å². The largest absolute Gasteiger partial charge is 0.294 e. The van der Waals surface area contributed by atoms with E-state index in [0.717, 1.165) is 111 Å². The van der Waals surface area contributed by atoms with Gasteiger partial charge in [-0.25, -0.2) is 53.6 Å². The molecular weight excluding hydrogens is 1920 g/mol. The fourth-order valence-corrected chi connectivity index (χ4v) is 31.2. The van der Waals surface area contributed by atoms with Gasteiger partial charge in [-0.3, -0.25) is 23.3 Å². The molecule has 0 radical (unpaired) electrons. The molecule has 4 aliphatic heterocycles. The van der Waals surface area contributed by atoms with Crippen molar-refractivity contribution in [3.63, 3.8) is 0 Å². The Labute approximate surface area is 855 Å². The maximum atomic E-state index is 14.0. The number of nitrogens with zero attached hydrogens (tertiary/aromatic N) is 9. The number of hydrogen-bond acceptors (Lipinski definition) is 13. The molecule has 710 valence electrons. The van der Waals surface area contributed by atoms with Gasteiger partial charge >= 0.3 is 0 Å². The molecule has 17 nitrogen and oxygen atoms in total. The molecule has 0 unspecified atom stereocenters. The van der Waals surface area contributed by atoms with Gasteiger partial charge in [0.05, 0.1) is 117 Å². The van der Waals surface area contributed by atoms with Gasteiger partial charge in [0.2, 0.25) is 39.3 Å². The Kier molecular flexibility index (Phi) is 18.8. The van der Waals surface area contributed by atoms with Crippen molar-refractivity contribution in [1.82, 2.24) is 43.2 Å². The summed E-state index contributed by atoms with van der Waals surface area (Å²) in [5, 5.41) is 12.6. The minimum Gasteiger partial charge on any atom is -0.294 e. The molecule has 2 aliphatic carbocycles. The van der Waals surface area contributed by atoms with Crippen molar-refractivity contribution in [2.75, 3.05) is 0 Å². The quantitative estimate of drug-likeness (QED) is 0.147. The monoisotopic (exact) mass is 2000 g/mol. The van der Waals surface area contributed by atoms with Crippen molar-refractivity contribution in [3.8, 4) is 101 Å². The summed E-state index contributed by atoms with van der Waals surface area (Å²) in [7, 11) is -14.8. The number of benzene rings is 21. The van der Waals surface area contributed by atoms with Crippen LogP contribution in [0.3, 0.4) is 0 Å². The normalized spacial score (nSPS) is 14.4. The standard InChI is InChI=1S/C39H24N2O2S.C34H22N2O2S.C28H18N2O2S.C27H17N3O2S/c1-23-40-34-15-8-16-36-38(34)41(23)35-20-18-25(22-37(35)44(36,42)43)24-17-19-29-28-11-4-7-14-32(28)39(33(29)21-24)30-12-5-2-9-26(30)27-10-3-6-13-31(27)39;1-21-35-30-11-6-12-32-34(30)36(21)31-18-17-24(20-33(31)39(32,37)38)22-13-15-23(16-14-22)29-19-25-7-2-3-8-26(25)27-9-4-5-10-28(27)29;1-17-29-24-11-6-12-26-28(24)30(17)25-14-13-19(16-27(25)33(26,31)32)23-15-18-7-2-3-8-20(18)21-9-4-5-10-22(21)23;1-16-29-22-9-4-10-24-27(22)30(16)23-12-11-18(15-25(23)33(24,31)32)21-14-17-6-2-3-7-19(17)26-20(21)8-5-13-28-26/h2-22H,1H3;2-20H,1H3;2-16H,1H3;2-15H,1H3. The molecule has 149 heavy (non-hydrogen) atoms. The Morgan fingerprint density at radius 3 is 0.886 bits per heavy atom. The van der Waals surface area contributed by atoms with Crippen LogP contribution in [-0.4, -0.2) is 76.9 Å². The molecule has 0 N–H and O–H groups in total. The van der Waals surface area contributed by atoms with Crippen LogP contribution in [0.5, 0.6) is 0 Å². The summed E-state index contributed by atoms with van der Waals surface area (Å²) in [6.45, 7) is 7.65. The molecule has 0 fully saturated rings. The minimum absolute atomic E-state index is 0.297. The number of rotatable bonds is 5. The van der Waals surface area contributed by atoms with Crippen molar-refractivity contribution in [2.45, 2.75) is 72.3 Å². The number of pyridine rings is 1. The SMILES string of the molecule is Cc1nc2cccc3c2n1-c1ccc(-c2cc4ccccc4c4ccccc24)cc1S3(=O)=O.Cc1nc2cccc3c2n1-c1ccc(-c2cc4ccccc4c4ncccc24)cc1S3(=O)=O.Cc1nc2cccc3c2n1-c1ccc(-c2ccc(-c4cc5ccccc5c5ccccc45)cc2)cc1S3(=O)=O.Cc1nc2cccc3c2n1-c1ccc(-c2ccc4c(c2)C2(c5ccccc5-c5ccccc52)c2ccccc2-4)cc1S3(=O)=O. The van der Waals surface area contributed by atoms with Gasteiger partial charge in [-0.2, -0.15) is 0 Å². The number of para-hydroxylation sites is 4. The molecule has 21 aromatic carbocycles. The van der Waals surface area contributed by atoms with Gasteiger partial charge in [0.1, 0.15) is 23.3 Å². The highest BCUT2D eigenvalue weighted by molar-refractivity contribution is 7.93. The summed E-state index contributed by atoms with van der Waals surface area (Å²) in [6.07, 6.45) is 1.79. The number of hydrogen-bond donors (Lipinski definition) is 0. The van der Waals surface area contributed by atoms with E-state index in [1.807, 2.05) is 179 Å². The number of aromatic nitrogens is 9. The van der Waals surface area contributed by atoms with Crippen molar-refractivity contribution in [3.05, 3.63) is 464 Å². The van der Waals surface area contributed by atoms with Gasteiger partial charge in [0.15, 0.2) is 0 Å². The second kappa shape index (κ2) is 32.0. The van der Waals surface area contributed by atoms with Gasteiger partial charge < -0.3 is 0 Å². The lowest BCUT2D eigenvalue weighted by Crippen LogP contribution is -2.25. The predicted molar refractivity (Wildman–Crippen MR) is 591 cm³/mol. The molecule has 21 heteroatoms. The van der Waals surface area contributed by atoms with E-state index in [2.05, 4.69) is 243 Å². The average Bonchev–Trinajstić information content (AvgIpc) is 1.54. The first kappa shape index (κ1) is 87.6. The third-order valence-electron chi connectivity index (χ3n) is 31.0. The summed E-state index contributed by atoms with van der Waals surface area (Å²) in [6, 6.07) is 138. The summed E-state index contributed by atoms with van der Waals surface area (Å²) >= 11 is 0. The molecule has 0 amide bonds. The van der Waals surface area contributed by atoms with Crippen LogP contribution in [0.2, 0.25) is 0 Å². The third-order valence-corrected chi connectivity index (χ3v) is 38.2. The van der Waals surface area contributed by atoms with Crippen molar-refractivity contribution in [2.24, 2.45) is 0 Å². The Hall–Kier alpha value is -18.0. The fraction of sp³-hybridized carbons (Fsp3) is 0.0391. The predicted octanol–water partition coefficient (Wildman–Crippen LogP) is 28.9. The number of imidazole rings is 4. The maximum Gasteiger partial charge on any atom is 0.210 e. The molecule has 6 aliphatic rings. The highest BCUT2D eigenvalue weighted by atomic mass is 32.2. The fourth-order valence-electron chi connectivity index (χ4n) is 24.6. The summed E-state index contributed by atoms with van der Waals surface area (Å²) in [5.41, 5.74) is 28.2. The first-order chi connectivity index (χ1) is 72.6. The zero-order chi connectivity index (χ0) is 100. The average molecular weight is 2000 g/mol. The Morgan fingerprint density at radius 1 is 0.201 bits per heavy atom. The molecule has 32 rings (SSSR count). The van der Waals surface area contributed by atoms with Crippen LogP contribution in [-0.2, 0) is 44.8 Å². The van der Waals surface area contributed by atoms with Gasteiger partial charge in [0, 0.05) is 17.0 Å². The smallest absolute Gasteiger partial charge is 0.210 e. The van der Waals surface area contributed by atoms with E-state index in [1.54, 1.807) is 66.9 Å². The van der Waals surface area contributed by atoms with Crippen LogP contribution in [0.15, 0.2) is 458 Å². The molecule has 26 aromatic rings. The van der Waals surface area contributed by atoms with Gasteiger partial charge in [-0.05, 0) is 304 Å².